The number of carbonyl (C=O) groups is 1. The van der Waals surface area contributed by atoms with Crippen LogP contribution < -0.4 is 15.2 Å². The molecule has 0 radical (unpaired) electrons. The molecule has 0 aliphatic rings. The summed E-state index contributed by atoms with van der Waals surface area (Å²) in [6.07, 6.45) is -0.460. The lowest BCUT2D eigenvalue weighted by Crippen LogP contribution is -2.29. The molecular weight excluding hydrogens is 398 g/mol. The van der Waals surface area contributed by atoms with Crippen LogP contribution in [0.15, 0.2) is 65.5 Å². The lowest BCUT2D eigenvalue weighted by molar-refractivity contribution is 0.202. The van der Waals surface area contributed by atoms with Crippen LogP contribution in [-0.2, 0) is 6.54 Å². The highest BCUT2D eigenvalue weighted by atomic mass is 16.5. The van der Waals surface area contributed by atoms with Gasteiger partial charge in [0.15, 0.2) is 0 Å². The molecule has 0 saturated carbocycles. The Bertz CT molecular complexity index is 1080. The molecule has 0 unspecified atom stereocenters. The van der Waals surface area contributed by atoms with E-state index in [9.17, 15) is 14.7 Å². The largest absolute Gasteiger partial charge is 0.494 e. The van der Waals surface area contributed by atoms with E-state index in [1.54, 1.807) is 31.2 Å². The fraction of sp³-hybridized carbons (Fsp3) is 0.261. The second kappa shape index (κ2) is 10.4. The molecule has 0 atom stereocenters. The quantitative estimate of drug-likeness (QED) is 0.512. The number of aliphatic hydroxyl groups is 1. The highest BCUT2D eigenvalue weighted by Crippen LogP contribution is 2.21. The summed E-state index contributed by atoms with van der Waals surface area (Å²) in [6, 6.07) is 17.6. The van der Waals surface area contributed by atoms with Gasteiger partial charge in [0.25, 0.3) is 5.56 Å². The van der Waals surface area contributed by atoms with Crippen LogP contribution in [0.3, 0.4) is 0 Å². The van der Waals surface area contributed by atoms with Crippen LogP contribution in [0, 0.1) is 0 Å². The minimum atomic E-state index is -1.03. The van der Waals surface area contributed by atoms with Crippen molar-refractivity contribution in [1.29, 1.82) is 0 Å². The summed E-state index contributed by atoms with van der Waals surface area (Å²) in [6.45, 7) is 2.83. The van der Waals surface area contributed by atoms with Crippen molar-refractivity contribution in [2.24, 2.45) is 0 Å². The van der Waals surface area contributed by atoms with Gasteiger partial charge in [0, 0.05) is 36.9 Å². The monoisotopic (exact) mass is 423 g/mol. The Balaban J connectivity index is 1.81. The second-order valence-electron chi connectivity index (χ2n) is 6.86. The number of nitrogens with zero attached hydrogens (tertiary/aromatic N) is 3. The molecular formula is C23H25N3O5. The molecule has 0 bridgehead atoms. The van der Waals surface area contributed by atoms with Crippen molar-refractivity contribution >= 4 is 11.8 Å². The number of rotatable bonds is 9. The van der Waals surface area contributed by atoms with E-state index in [1.807, 2.05) is 30.3 Å². The fourth-order valence-corrected chi connectivity index (χ4v) is 3.12. The van der Waals surface area contributed by atoms with Crippen molar-refractivity contribution in [3.63, 3.8) is 0 Å². The minimum Gasteiger partial charge on any atom is -0.494 e. The van der Waals surface area contributed by atoms with Gasteiger partial charge in [0.05, 0.1) is 18.8 Å². The van der Waals surface area contributed by atoms with E-state index < -0.39 is 6.09 Å². The van der Waals surface area contributed by atoms with Crippen LogP contribution in [0.2, 0.25) is 0 Å². The van der Waals surface area contributed by atoms with Gasteiger partial charge in [-0.05, 0) is 55.0 Å². The molecule has 2 aromatic carbocycles. The molecule has 8 heteroatoms. The molecule has 0 spiro atoms. The first-order valence-electron chi connectivity index (χ1n) is 10.0. The van der Waals surface area contributed by atoms with Crippen molar-refractivity contribution in [2.75, 3.05) is 24.7 Å². The van der Waals surface area contributed by atoms with E-state index in [1.165, 1.54) is 15.6 Å². The Morgan fingerprint density at radius 1 is 1.13 bits per heavy atom. The number of carboxylic acid groups (broad SMARTS) is 1. The molecule has 1 amide bonds. The van der Waals surface area contributed by atoms with Crippen LogP contribution in [0.1, 0.15) is 18.9 Å². The molecule has 0 saturated heterocycles. The zero-order chi connectivity index (χ0) is 22.2. The third-order valence-corrected chi connectivity index (χ3v) is 4.69. The Morgan fingerprint density at radius 2 is 1.90 bits per heavy atom. The normalized spacial score (nSPS) is 10.6. The van der Waals surface area contributed by atoms with Crippen molar-refractivity contribution in [3.05, 3.63) is 76.6 Å². The Morgan fingerprint density at radius 3 is 2.58 bits per heavy atom. The average molecular weight is 423 g/mol. The standard InChI is InChI=1S/C23H25N3O5/c1-2-25(23(29)30)19-6-3-5-17(15-19)16-26-22(28)12-11-21(24-26)18-7-9-20(10-8-18)31-14-4-13-27/h3,5-12,15,27H,2,4,13-14,16H2,1H3,(H,29,30). The predicted octanol–water partition coefficient (Wildman–Crippen LogP) is 3.22. The van der Waals surface area contributed by atoms with Crippen LogP contribution >= 0.6 is 0 Å². The maximum atomic E-state index is 12.3. The van der Waals surface area contributed by atoms with E-state index >= 15 is 0 Å². The van der Waals surface area contributed by atoms with Crippen LogP contribution in [0.5, 0.6) is 5.75 Å². The number of amides is 1. The number of ether oxygens (including phenoxy) is 1. The zero-order valence-corrected chi connectivity index (χ0v) is 17.3. The maximum Gasteiger partial charge on any atom is 0.411 e. The van der Waals surface area contributed by atoms with E-state index in [0.29, 0.717) is 36.7 Å². The predicted molar refractivity (Wildman–Crippen MR) is 118 cm³/mol. The Kier molecular flexibility index (Phi) is 7.40. The molecule has 0 aliphatic heterocycles. The second-order valence-corrected chi connectivity index (χ2v) is 6.86. The first-order chi connectivity index (χ1) is 15.0. The summed E-state index contributed by atoms with van der Waals surface area (Å²) in [7, 11) is 0. The fourth-order valence-electron chi connectivity index (χ4n) is 3.12. The highest BCUT2D eigenvalue weighted by molar-refractivity contribution is 5.85. The molecule has 3 aromatic rings. The molecule has 2 N–H and O–H groups in total. The molecule has 0 aliphatic carbocycles. The number of anilines is 1. The van der Waals surface area contributed by atoms with Gasteiger partial charge in [-0.2, -0.15) is 5.10 Å². The summed E-state index contributed by atoms with van der Waals surface area (Å²) < 4.78 is 6.89. The Labute approximate surface area is 180 Å². The summed E-state index contributed by atoms with van der Waals surface area (Å²) in [5.74, 6) is 0.696. The van der Waals surface area contributed by atoms with Crippen LogP contribution in [0.25, 0.3) is 11.3 Å². The lowest BCUT2D eigenvalue weighted by Gasteiger charge is -2.18. The number of hydrogen-bond acceptors (Lipinski definition) is 5. The number of hydrogen-bond donors (Lipinski definition) is 2. The zero-order valence-electron chi connectivity index (χ0n) is 17.3. The van der Waals surface area contributed by atoms with Gasteiger partial charge in [-0.3, -0.25) is 9.69 Å². The third-order valence-electron chi connectivity index (χ3n) is 4.69. The van der Waals surface area contributed by atoms with Gasteiger partial charge < -0.3 is 14.9 Å². The van der Waals surface area contributed by atoms with Gasteiger partial charge in [-0.1, -0.05) is 12.1 Å². The van der Waals surface area contributed by atoms with Crippen LogP contribution in [-0.4, -0.2) is 45.8 Å². The number of aliphatic hydroxyl groups excluding tert-OH is 1. The Hall–Kier alpha value is -3.65. The summed E-state index contributed by atoms with van der Waals surface area (Å²) >= 11 is 0. The van der Waals surface area contributed by atoms with Gasteiger partial charge in [0.2, 0.25) is 0 Å². The SMILES string of the molecule is CCN(C(=O)O)c1cccc(Cn2nc(-c3ccc(OCCCO)cc3)ccc2=O)c1. The summed E-state index contributed by atoms with van der Waals surface area (Å²) in [4.78, 5) is 25.0. The first-order valence-corrected chi connectivity index (χ1v) is 10.0. The molecule has 1 aromatic heterocycles. The molecule has 0 fully saturated rings. The smallest absolute Gasteiger partial charge is 0.411 e. The maximum absolute atomic E-state index is 12.3. The van der Waals surface area contributed by atoms with Crippen molar-refractivity contribution in [3.8, 4) is 17.0 Å². The lowest BCUT2D eigenvalue weighted by atomic mass is 10.1. The summed E-state index contributed by atoms with van der Waals surface area (Å²) in [5, 5.41) is 22.6. The van der Waals surface area contributed by atoms with Crippen molar-refractivity contribution in [2.45, 2.75) is 19.9 Å². The molecule has 3 rings (SSSR count). The van der Waals surface area contributed by atoms with Gasteiger partial charge in [-0.15, -0.1) is 0 Å². The van der Waals surface area contributed by atoms with Gasteiger partial charge in [-0.25, -0.2) is 9.48 Å². The molecule has 1 heterocycles. The van der Waals surface area contributed by atoms with E-state index in [4.69, 9.17) is 9.84 Å². The highest BCUT2D eigenvalue weighted by Gasteiger charge is 2.12. The first kappa shape index (κ1) is 22.0. The van der Waals surface area contributed by atoms with E-state index in [-0.39, 0.29) is 18.7 Å². The number of aromatic nitrogens is 2. The molecule has 8 nitrogen and oxygen atoms in total. The topological polar surface area (TPSA) is 105 Å². The van der Waals surface area contributed by atoms with Crippen LogP contribution in [0.4, 0.5) is 10.5 Å². The van der Waals surface area contributed by atoms with E-state index in [0.717, 1.165) is 11.1 Å². The molecule has 162 valence electrons. The van der Waals surface area contributed by atoms with E-state index in [2.05, 4.69) is 5.10 Å². The third kappa shape index (κ3) is 5.70. The van der Waals surface area contributed by atoms with Gasteiger partial charge in [0.1, 0.15) is 5.75 Å². The molecule has 31 heavy (non-hydrogen) atoms. The average Bonchev–Trinajstić information content (AvgIpc) is 2.77. The minimum absolute atomic E-state index is 0.0826. The summed E-state index contributed by atoms with van der Waals surface area (Å²) in [5.41, 5.74) is 2.55. The van der Waals surface area contributed by atoms with Gasteiger partial charge >= 0.3 is 6.09 Å². The van der Waals surface area contributed by atoms with Crippen molar-refractivity contribution in [1.82, 2.24) is 9.78 Å². The number of benzene rings is 2. The van der Waals surface area contributed by atoms with Crippen molar-refractivity contribution < 1.29 is 19.7 Å².